The molecular formula is C19H22ClN3O4S. The fraction of sp³-hybridized carbons (Fsp3) is 0.368. The number of pyridine rings is 1. The molecule has 0 radical (unpaired) electrons. The molecule has 1 amide bonds. The molecule has 0 atom stereocenters. The number of nitrogens with zero attached hydrogens (tertiary/aromatic N) is 2. The number of amides is 1. The van der Waals surface area contributed by atoms with Gasteiger partial charge in [-0.1, -0.05) is 24.6 Å². The van der Waals surface area contributed by atoms with E-state index in [1.165, 1.54) is 22.6 Å². The van der Waals surface area contributed by atoms with Crippen LogP contribution >= 0.6 is 11.6 Å². The third kappa shape index (κ3) is 4.63. The van der Waals surface area contributed by atoms with E-state index < -0.39 is 21.5 Å². The molecule has 1 fully saturated rings. The predicted octanol–water partition coefficient (Wildman–Crippen LogP) is 2.56. The van der Waals surface area contributed by atoms with Crippen LogP contribution in [-0.4, -0.2) is 36.3 Å². The number of rotatable bonds is 5. The van der Waals surface area contributed by atoms with E-state index >= 15 is 0 Å². The van der Waals surface area contributed by atoms with Gasteiger partial charge >= 0.3 is 0 Å². The zero-order valence-electron chi connectivity index (χ0n) is 15.5. The Morgan fingerprint density at radius 1 is 1.21 bits per heavy atom. The molecular weight excluding hydrogens is 402 g/mol. The number of sulfonamides is 1. The second-order valence-corrected chi connectivity index (χ2v) is 9.29. The number of carbonyl (C=O) groups is 1. The Bertz CT molecular complexity index is 1030. The fourth-order valence-electron chi connectivity index (χ4n) is 3.12. The molecule has 0 spiro atoms. The summed E-state index contributed by atoms with van der Waals surface area (Å²) in [6.45, 7) is 2.57. The first-order valence-corrected chi connectivity index (χ1v) is 10.8. The molecule has 150 valence electrons. The maximum Gasteiger partial charge on any atom is 0.271 e. The third-order valence-electron chi connectivity index (χ3n) is 4.77. The minimum Gasteiger partial charge on any atom is -0.324 e. The smallest absolute Gasteiger partial charge is 0.271 e. The number of anilines is 1. The van der Waals surface area contributed by atoms with Crippen LogP contribution in [0.1, 0.15) is 19.8 Å². The van der Waals surface area contributed by atoms with Gasteiger partial charge in [-0.3, -0.25) is 9.59 Å². The zero-order chi connectivity index (χ0) is 20.3. The van der Waals surface area contributed by atoms with E-state index in [1.807, 2.05) is 0 Å². The van der Waals surface area contributed by atoms with Gasteiger partial charge in [-0.25, -0.2) is 8.42 Å². The number of piperidine rings is 1. The van der Waals surface area contributed by atoms with Gasteiger partial charge in [0.05, 0.1) is 0 Å². The minimum atomic E-state index is -3.89. The Balaban J connectivity index is 1.79. The van der Waals surface area contributed by atoms with Gasteiger partial charge in [0.15, 0.2) is 0 Å². The third-order valence-corrected chi connectivity index (χ3v) is 6.91. The second kappa shape index (κ2) is 8.46. The Kier molecular flexibility index (Phi) is 6.22. The molecule has 3 rings (SSSR count). The maximum absolute atomic E-state index is 12.9. The summed E-state index contributed by atoms with van der Waals surface area (Å²) in [5.41, 5.74) is -0.209. The van der Waals surface area contributed by atoms with Crippen molar-refractivity contribution in [1.29, 1.82) is 0 Å². The van der Waals surface area contributed by atoms with E-state index in [1.54, 1.807) is 24.3 Å². The lowest BCUT2D eigenvalue weighted by atomic mass is 10.0. The van der Waals surface area contributed by atoms with E-state index in [9.17, 15) is 18.0 Å². The first kappa shape index (κ1) is 20.6. The zero-order valence-corrected chi connectivity index (χ0v) is 17.0. The maximum atomic E-state index is 12.9. The average molecular weight is 424 g/mol. The van der Waals surface area contributed by atoms with Crippen LogP contribution in [0.2, 0.25) is 5.02 Å². The highest BCUT2D eigenvalue weighted by atomic mass is 35.5. The van der Waals surface area contributed by atoms with Gasteiger partial charge < -0.3 is 9.88 Å². The molecule has 1 aromatic heterocycles. The van der Waals surface area contributed by atoms with Crippen molar-refractivity contribution in [3.05, 3.63) is 58.0 Å². The van der Waals surface area contributed by atoms with E-state index in [2.05, 4.69) is 12.2 Å². The molecule has 1 N–H and O–H groups in total. The van der Waals surface area contributed by atoms with E-state index in [0.717, 1.165) is 17.4 Å². The van der Waals surface area contributed by atoms with Crippen LogP contribution in [0.5, 0.6) is 0 Å². The Morgan fingerprint density at radius 2 is 1.93 bits per heavy atom. The summed E-state index contributed by atoms with van der Waals surface area (Å²) in [4.78, 5) is 24.7. The van der Waals surface area contributed by atoms with Crippen molar-refractivity contribution in [3.63, 3.8) is 0 Å². The van der Waals surface area contributed by atoms with Gasteiger partial charge in [0.1, 0.15) is 11.4 Å². The van der Waals surface area contributed by atoms with E-state index in [0.29, 0.717) is 29.7 Å². The molecule has 2 heterocycles. The lowest BCUT2D eigenvalue weighted by Gasteiger charge is -2.29. The summed E-state index contributed by atoms with van der Waals surface area (Å²) < 4.78 is 28.2. The number of halogens is 1. The number of aromatic nitrogens is 1. The lowest BCUT2D eigenvalue weighted by Crippen LogP contribution is -2.41. The fourth-order valence-corrected chi connectivity index (χ4v) is 4.87. The Hall–Kier alpha value is -2.16. The number of nitrogens with one attached hydrogen (secondary N) is 1. The molecule has 28 heavy (non-hydrogen) atoms. The van der Waals surface area contributed by atoms with Crippen LogP contribution in [0.3, 0.4) is 0 Å². The molecule has 1 saturated heterocycles. The summed E-state index contributed by atoms with van der Waals surface area (Å²) in [6.07, 6.45) is 2.93. The van der Waals surface area contributed by atoms with Crippen molar-refractivity contribution in [1.82, 2.24) is 8.87 Å². The van der Waals surface area contributed by atoms with Gasteiger partial charge in [-0.2, -0.15) is 4.31 Å². The Morgan fingerprint density at radius 3 is 2.61 bits per heavy atom. The molecule has 1 aliphatic rings. The standard InChI is InChI=1S/C19H22ClN3O4S/c1-14-7-10-23(11-8-14)28(26,27)17-6-3-9-22(19(17)25)13-18(24)21-16-5-2-4-15(20)12-16/h2-6,9,12,14H,7-8,10-11,13H2,1H3,(H,21,24). The quantitative estimate of drug-likeness (QED) is 0.800. The summed E-state index contributed by atoms with van der Waals surface area (Å²) in [7, 11) is -3.89. The van der Waals surface area contributed by atoms with Gasteiger partial charge in [-0.05, 0) is 49.1 Å². The van der Waals surface area contributed by atoms with Crippen LogP contribution in [0.15, 0.2) is 52.3 Å². The summed E-state index contributed by atoms with van der Waals surface area (Å²) in [5.74, 6) is 0.0137. The van der Waals surface area contributed by atoms with Crippen LogP contribution < -0.4 is 10.9 Å². The molecule has 7 nitrogen and oxygen atoms in total. The van der Waals surface area contributed by atoms with Gasteiger partial charge in [0, 0.05) is 30.0 Å². The van der Waals surface area contributed by atoms with Crippen molar-refractivity contribution < 1.29 is 13.2 Å². The van der Waals surface area contributed by atoms with Crippen molar-refractivity contribution in [2.24, 2.45) is 5.92 Å². The van der Waals surface area contributed by atoms with Crippen LogP contribution in [-0.2, 0) is 21.4 Å². The molecule has 9 heteroatoms. The summed E-state index contributed by atoms with van der Waals surface area (Å²) in [6, 6.07) is 9.38. The highest BCUT2D eigenvalue weighted by Crippen LogP contribution is 2.21. The Labute approximate surface area is 169 Å². The topological polar surface area (TPSA) is 88.5 Å². The van der Waals surface area contributed by atoms with Gasteiger partial charge in [0.2, 0.25) is 15.9 Å². The van der Waals surface area contributed by atoms with Crippen molar-refractivity contribution in [2.75, 3.05) is 18.4 Å². The molecule has 1 aromatic carbocycles. The minimum absolute atomic E-state index is 0.300. The largest absolute Gasteiger partial charge is 0.324 e. The first-order chi connectivity index (χ1) is 13.3. The number of benzene rings is 1. The molecule has 0 unspecified atom stereocenters. The molecule has 0 saturated carbocycles. The molecule has 0 aliphatic carbocycles. The molecule has 2 aromatic rings. The summed E-state index contributed by atoms with van der Waals surface area (Å²) >= 11 is 5.89. The SMILES string of the molecule is CC1CCN(S(=O)(=O)c2cccn(CC(=O)Nc3cccc(Cl)c3)c2=O)CC1. The molecule has 0 bridgehead atoms. The number of hydrogen-bond acceptors (Lipinski definition) is 4. The van der Waals surface area contributed by atoms with Crippen molar-refractivity contribution in [2.45, 2.75) is 31.2 Å². The van der Waals surface area contributed by atoms with Gasteiger partial charge in [-0.15, -0.1) is 0 Å². The number of carbonyl (C=O) groups excluding carboxylic acids is 1. The summed E-state index contributed by atoms with van der Waals surface area (Å²) in [5, 5.41) is 3.11. The van der Waals surface area contributed by atoms with Crippen molar-refractivity contribution >= 4 is 33.2 Å². The van der Waals surface area contributed by atoms with Crippen LogP contribution in [0.4, 0.5) is 5.69 Å². The number of hydrogen-bond donors (Lipinski definition) is 1. The van der Waals surface area contributed by atoms with E-state index in [-0.39, 0.29) is 11.4 Å². The van der Waals surface area contributed by atoms with Crippen LogP contribution in [0, 0.1) is 5.92 Å². The monoisotopic (exact) mass is 423 g/mol. The first-order valence-electron chi connectivity index (χ1n) is 9.02. The highest BCUT2D eigenvalue weighted by Gasteiger charge is 2.30. The highest BCUT2D eigenvalue weighted by molar-refractivity contribution is 7.89. The second-order valence-electron chi connectivity index (χ2n) is 6.95. The van der Waals surface area contributed by atoms with Gasteiger partial charge in [0.25, 0.3) is 5.56 Å². The molecule has 1 aliphatic heterocycles. The normalized spacial score (nSPS) is 16.1. The predicted molar refractivity (Wildman–Crippen MR) is 108 cm³/mol. The van der Waals surface area contributed by atoms with E-state index in [4.69, 9.17) is 11.6 Å². The average Bonchev–Trinajstić information content (AvgIpc) is 2.63. The van der Waals surface area contributed by atoms with Crippen molar-refractivity contribution in [3.8, 4) is 0 Å². The lowest BCUT2D eigenvalue weighted by molar-refractivity contribution is -0.116. The van der Waals surface area contributed by atoms with Crippen LogP contribution in [0.25, 0.3) is 0 Å².